The summed E-state index contributed by atoms with van der Waals surface area (Å²) in [6, 6.07) is 0. The van der Waals surface area contributed by atoms with Gasteiger partial charge < -0.3 is 24.2 Å². The number of ether oxygens (including phenoxy) is 3. The maximum absolute atomic E-state index is 12.6. The standard InChI is InChI=1S/C25H44N4O5/c1-8-29(19(3)33-7)22(20-11-9-13-26-21(20)16-32-6)18(2)15-24(4,5)17-34-23(30)25(31)12-10-14-27-28-25/h9,13,19-20,27-28,31H,8,10-12,14-17H2,1-7H3/b22-18+/t19?,20-,25?/m1/s1. The van der Waals surface area contributed by atoms with E-state index in [1.54, 1.807) is 14.2 Å². The molecule has 0 saturated carbocycles. The zero-order valence-corrected chi connectivity index (χ0v) is 21.9. The lowest BCUT2D eigenvalue weighted by Crippen LogP contribution is -2.61. The number of allylic oxidation sites excluding steroid dienone is 3. The Labute approximate surface area is 204 Å². The number of methoxy groups -OCH3 is 2. The number of aliphatic hydroxyl groups is 1. The van der Waals surface area contributed by atoms with Crippen molar-refractivity contribution < 1.29 is 24.1 Å². The summed E-state index contributed by atoms with van der Waals surface area (Å²) in [7, 11) is 3.40. The van der Waals surface area contributed by atoms with Gasteiger partial charge in [0.25, 0.3) is 0 Å². The van der Waals surface area contributed by atoms with E-state index < -0.39 is 11.7 Å². The number of esters is 1. The van der Waals surface area contributed by atoms with Crippen LogP contribution in [-0.4, -0.2) is 74.2 Å². The van der Waals surface area contributed by atoms with Crippen LogP contribution >= 0.6 is 0 Å². The van der Waals surface area contributed by atoms with Crippen LogP contribution in [-0.2, 0) is 19.0 Å². The van der Waals surface area contributed by atoms with E-state index in [9.17, 15) is 9.90 Å². The molecule has 2 heterocycles. The molecule has 34 heavy (non-hydrogen) atoms. The lowest BCUT2D eigenvalue weighted by molar-refractivity contribution is -0.177. The summed E-state index contributed by atoms with van der Waals surface area (Å²) < 4.78 is 16.7. The Bertz CT molecular complexity index is 771. The summed E-state index contributed by atoms with van der Waals surface area (Å²) in [5, 5.41) is 10.5. The molecule has 0 aromatic heterocycles. The molecule has 0 amide bonds. The molecule has 2 unspecified atom stereocenters. The van der Waals surface area contributed by atoms with E-state index >= 15 is 0 Å². The van der Waals surface area contributed by atoms with Crippen LogP contribution in [0.2, 0.25) is 0 Å². The molecule has 2 aliphatic heterocycles. The van der Waals surface area contributed by atoms with Crippen molar-refractivity contribution >= 4 is 11.7 Å². The van der Waals surface area contributed by atoms with E-state index in [4.69, 9.17) is 14.2 Å². The molecule has 9 nitrogen and oxygen atoms in total. The Morgan fingerprint density at radius 3 is 2.74 bits per heavy atom. The molecule has 3 N–H and O–H groups in total. The van der Waals surface area contributed by atoms with Crippen molar-refractivity contribution in [3.63, 3.8) is 0 Å². The van der Waals surface area contributed by atoms with Crippen molar-refractivity contribution in [2.24, 2.45) is 16.3 Å². The molecular weight excluding hydrogens is 436 g/mol. The van der Waals surface area contributed by atoms with E-state index in [0.29, 0.717) is 32.4 Å². The second kappa shape index (κ2) is 12.8. The first-order valence-electron chi connectivity index (χ1n) is 12.2. The molecule has 2 rings (SSSR count). The third-order valence-electron chi connectivity index (χ3n) is 6.42. The normalized spacial score (nSPS) is 24.8. The van der Waals surface area contributed by atoms with E-state index in [-0.39, 0.29) is 24.2 Å². The lowest BCUT2D eigenvalue weighted by Gasteiger charge is -2.39. The SMILES string of the molecule is CCN(/C(=C(\C)CC(C)(C)COC(=O)C1(O)CCCNN1)[C@@H]1CC=CN=C1COC)C(C)OC. The van der Waals surface area contributed by atoms with Gasteiger partial charge in [0.1, 0.15) is 6.23 Å². The molecule has 0 spiro atoms. The first kappa shape index (κ1) is 28.5. The summed E-state index contributed by atoms with van der Waals surface area (Å²) >= 11 is 0. The van der Waals surface area contributed by atoms with Crippen LogP contribution < -0.4 is 10.9 Å². The highest BCUT2D eigenvalue weighted by Gasteiger charge is 2.40. The minimum Gasteiger partial charge on any atom is -0.462 e. The Hall–Kier alpha value is -1.78. The Morgan fingerprint density at radius 2 is 2.15 bits per heavy atom. The summed E-state index contributed by atoms with van der Waals surface area (Å²) in [5.74, 6) is -0.566. The molecule has 1 fully saturated rings. The van der Waals surface area contributed by atoms with Gasteiger partial charge in [0.2, 0.25) is 5.72 Å². The van der Waals surface area contributed by atoms with E-state index in [0.717, 1.165) is 18.7 Å². The van der Waals surface area contributed by atoms with Crippen LogP contribution in [0, 0.1) is 11.3 Å². The summed E-state index contributed by atoms with van der Waals surface area (Å²) in [5.41, 5.74) is 6.82. The number of aliphatic imine (C=N–C) groups is 1. The van der Waals surface area contributed by atoms with Crippen molar-refractivity contribution in [2.75, 3.05) is 40.5 Å². The molecule has 0 aromatic carbocycles. The summed E-state index contributed by atoms with van der Waals surface area (Å²) in [6.45, 7) is 12.6. The predicted molar refractivity (Wildman–Crippen MR) is 133 cm³/mol. The summed E-state index contributed by atoms with van der Waals surface area (Å²) in [4.78, 5) is 19.5. The van der Waals surface area contributed by atoms with Crippen molar-refractivity contribution in [1.82, 2.24) is 15.8 Å². The Morgan fingerprint density at radius 1 is 1.41 bits per heavy atom. The molecule has 194 valence electrons. The molecular formula is C25H44N4O5. The number of carbonyl (C=O) groups is 1. The minimum atomic E-state index is -1.68. The number of hydrogen-bond donors (Lipinski definition) is 3. The highest BCUT2D eigenvalue weighted by atomic mass is 16.6. The van der Waals surface area contributed by atoms with Crippen molar-refractivity contribution in [3.05, 3.63) is 23.5 Å². The third kappa shape index (κ3) is 7.36. The fourth-order valence-corrected chi connectivity index (χ4v) is 4.72. The van der Waals surface area contributed by atoms with Crippen LogP contribution in [0.1, 0.15) is 60.3 Å². The number of hydrazine groups is 1. The van der Waals surface area contributed by atoms with Crippen molar-refractivity contribution in [1.29, 1.82) is 0 Å². The van der Waals surface area contributed by atoms with Crippen LogP contribution in [0.15, 0.2) is 28.5 Å². The molecule has 0 aromatic rings. The quantitative estimate of drug-likeness (QED) is 0.289. The molecule has 0 bridgehead atoms. The van der Waals surface area contributed by atoms with Gasteiger partial charge >= 0.3 is 5.97 Å². The first-order valence-corrected chi connectivity index (χ1v) is 12.2. The zero-order valence-electron chi connectivity index (χ0n) is 21.9. The van der Waals surface area contributed by atoms with Crippen LogP contribution in [0.5, 0.6) is 0 Å². The number of rotatable bonds is 12. The molecule has 3 atom stereocenters. The number of carbonyl (C=O) groups excluding carboxylic acids is 1. The van der Waals surface area contributed by atoms with Crippen LogP contribution in [0.25, 0.3) is 0 Å². The maximum Gasteiger partial charge on any atom is 0.354 e. The highest BCUT2D eigenvalue weighted by molar-refractivity contribution is 5.91. The first-order chi connectivity index (χ1) is 16.1. The Balaban J connectivity index is 2.26. The number of nitrogens with zero attached hydrogens (tertiary/aromatic N) is 2. The molecule has 0 aliphatic carbocycles. The highest BCUT2D eigenvalue weighted by Crippen LogP contribution is 2.35. The maximum atomic E-state index is 12.6. The van der Waals surface area contributed by atoms with Gasteiger partial charge in [-0.05, 0) is 40.0 Å². The van der Waals surface area contributed by atoms with E-state index in [1.807, 2.05) is 13.1 Å². The van der Waals surface area contributed by atoms with Gasteiger partial charge in [0.15, 0.2) is 0 Å². The van der Waals surface area contributed by atoms with Crippen LogP contribution in [0.4, 0.5) is 0 Å². The van der Waals surface area contributed by atoms with E-state index in [1.165, 1.54) is 11.3 Å². The zero-order chi connectivity index (χ0) is 25.4. The van der Waals surface area contributed by atoms with Gasteiger partial charge in [-0.15, -0.1) is 0 Å². The number of hydrogen-bond acceptors (Lipinski definition) is 9. The third-order valence-corrected chi connectivity index (χ3v) is 6.42. The lowest BCUT2D eigenvalue weighted by atomic mass is 9.82. The van der Waals surface area contributed by atoms with Gasteiger partial charge in [-0.1, -0.05) is 25.5 Å². The fraction of sp³-hybridized carbons (Fsp3) is 0.760. The van der Waals surface area contributed by atoms with Gasteiger partial charge in [0, 0.05) is 57.0 Å². The smallest absolute Gasteiger partial charge is 0.354 e. The largest absolute Gasteiger partial charge is 0.462 e. The fourth-order valence-electron chi connectivity index (χ4n) is 4.72. The molecule has 0 radical (unpaired) electrons. The Kier molecular flexibility index (Phi) is 10.7. The second-order valence-electron chi connectivity index (χ2n) is 9.95. The molecule has 2 aliphatic rings. The predicted octanol–water partition coefficient (Wildman–Crippen LogP) is 2.73. The number of nitrogens with one attached hydrogen (secondary N) is 2. The minimum absolute atomic E-state index is 0.0825. The second-order valence-corrected chi connectivity index (χ2v) is 9.95. The molecule has 1 saturated heterocycles. The van der Waals surface area contributed by atoms with Crippen molar-refractivity contribution in [3.8, 4) is 0 Å². The van der Waals surface area contributed by atoms with Gasteiger partial charge in [0.05, 0.1) is 18.9 Å². The van der Waals surface area contributed by atoms with Crippen molar-refractivity contribution in [2.45, 2.75) is 72.3 Å². The topological polar surface area (TPSA) is 105 Å². The van der Waals surface area contributed by atoms with E-state index in [2.05, 4.69) is 54.5 Å². The van der Waals surface area contributed by atoms with Gasteiger partial charge in [-0.2, -0.15) is 0 Å². The average Bonchev–Trinajstić information content (AvgIpc) is 2.81. The van der Waals surface area contributed by atoms with Gasteiger partial charge in [-0.3, -0.25) is 10.4 Å². The van der Waals surface area contributed by atoms with Crippen LogP contribution in [0.3, 0.4) is 0 Å². The monoisotopic (exact) mass is 480 g/mol. The van der Waals surface area contributed by atoms with Gasteiger partial charge in [-0.25, -0.2) is 10.2 Å². The average molecular weight is 481 g/mol. The summed E-state index contributed by atoms with van der Waals surface area (Å²) in [6.07, 6.45) is 6.37. The molecule has 9 heteroatoms.